The van der Waals surface area contributed by atoms with Crippen LogP contribution in [-0.4, -0.2) is 47.0 Å². The maximum absolute atomic E-state index is 12.8. The molecule has 2 aromatic rings. The molecule has 1 aromatic heterocycles. The number of carbonyl (C=O) groups is 2. The molecule has 1 aromatic carbocycles. The molecule has 2 rings (SSSR count). The molecule has 0 N–H and O–H groups in total. The Bertz CT molecular complexity index is 857. The van der Waals surface area contributed by atoms with Crippen molar-refractivity contribution >= 4 is 23.7 Å². The monoisotopic (exact) mass is 433 g/mol. The number of ether oxygens (including phenoxy) is 3. The topological polar surface area (TPSA) is 92.5 Å². The molecular formula is C17H18F3N3O5S. The van der Waals surface area contributed by atoms with Crippen molar-refractivity contribution in [1.29, 1.82) is 0 Å². The molecular weight excluding hydrogens is 415 g/mol. The quantitative estimate of drug-likeness (QED) is 0.339. The molecule has 158 valence electrons. The summed E-state index contributed by atoms with van der Waals surface area (Å²) in [6.07, 6.45) is -4.44. The Morgan fingerprint density at radius 1 is 1.24 bits per heavy atom. The van der Waals surface area contributed by atoms with Gasteiger partial charge in [-0.05, 0) is 11.6 Å². The molecule has 29 heavy (non-hydrogen) atoms. The van der Waals surface area contributed by atoms with E-state index in [0.717, 1.165) is 23.9 Å². The number of hydrogen-bond acceptors (Lipinski definition) is 8. The van der Waals surface area contributed by atoms with Gasteiger partial charge in [0.05, 0.1) is 19.3 Å². The van der Waals surface area contributed by atoms with Crippen LogP contribution in [0.3, 0.4) is 0 Å². The summed E-state index contributed by atoms with van der Waals surface area (Å²) in [5, 5.41) is 4.24. The first-order valence-electron chi connectivity index (χ1n) is 8.24. The molecule has 0 aliphatic rings. The second-order valence-corrected chi connectivity index (χ2v) is 6.52. The highest BCUT2D eigenvalue weighted by Gasteiger charge is 2.30. The zero-order valence-corrected chi connectivity index (χ0v) is 16.4. The average molecular weight is 433 g/mol. The molecule has 0 amide bonds. The van der Waals surface area contributed by atoms with Gasteiger partial charge in [-0.2, -0.15) is 18.2 Å². The first-order valence-corrected chi connectivity index (χ1v) is 9.22. The first-order chi connectivity index (χ1) is 13.7. The molecule has 0 spiro atoms. The highest BCUT2D eigenvalue weighted by atomic mass is 32.2. The first kappa shape index (κ1) is 22.7. The third-order valence-electron chi connectivity index (χ3n) is 3.37. The van der Waals surface area contributed by atoms with Gasteiger partial charge in [0.1, 0.15) is 13.3 Å². The lowest BCUT2D eigenvalue weighted by Crippen LogP contribution is -2.12. The van der Waals surface area contributed by atoms with Crippen molar-refractivity contribution in [3.8, 4) is 0 Å². The molecule has 0 radical (unpaired) electrons. The van der Waals surface area contributed by atoms with E-state index in [2.05, 4.69) is 14.8 Å². The minimum absolute atomic E-state index is 0.0423. The van der Waals surface area contributed by atoms with Crippen molar-refractivity contribution in [3.63, 3.8) is 0 Å². The van der Waals surface area contributed by atoms with Crippen LogP contribution in [0, 0.1) is 0 Å². The summed E-state index contributed by atoms with van der Waals surface area (Å²) in [4.78, 5) is 26.4. The number of halogens is 3. The molecule has 0 fully saturated rings. The standard InChI is InChI=1S/C17H18F3N3O5S/c1-11(24)28-7-6-27-10-23-16(21-14(22-23)15(25)26-2)29-9-12-4-3-5-13(8-12)17(18,19)20/h3-5,8H,6-7,9-10H2,1-2H3. The van der Waals surface area contributed by atoms with Gasteiger partial charge in [0.15, 0.2) is 5.16 Å². The molecule has 12 heteroatoms. The number of carbonyl (C=O) groups excluding carboxylic acids is 2. The Morgan fingerprint density at radius 3 is 2.66 bits per heavy atom. The summed E-state index contributed by atoms with van der Waals surface area (Å²) in [6.45, 7) is 1.30. The molecule has 0 atom stereocenters. The Labute approximate surface area is 168 Å². The summed E-state index contributed by atoms with van der Waals surface area (Å²) >= 11 is 1.09. The normalized spacial score (nSPS) is 11.3. The number of nitrogens with zero attached hydrogens (tertiary/aromatic N) is 3. The highest BCUT2D eigenvalue weighted by molar-refractivity contribution is 7.98. The van der Waals surface area contributed by atoms with Crippen molar-refractivity contribution < 1.29 is 37.0 Å². The van der Waals surface area contributed by atoms with Gasteiger partial charge in [0.25, 0.3) is 5.82 Å². The van der Waals surface area contributed by atoms with Gasteiger partial charge < -0.3 is 14.2 Å². The van der Waals surface area contributed by atoms with Gasteiger partial charge in [0, 0.05) is 12.7 Å². The number of aromatic nitrogens is 3. The predicted molar refractivity (Wildman–Crippen MR) is 95.0 cm³/mol. The summed E-state index contributed by atoms with van der Waals surface area (Å²) < 4.78 is 54.5. The van der Waals surface area contributed by atoms with Crippen LogP contribution < -0.4 is 0 Å². The van der Waals surface area contributed by atoms with Gasteiger partial charge in [0.2, 0.25) is 0 Å². The number of methoxy groups -OCH3 is 1. The van der Waals surface area contributed by atoms with E-state index in [-0.39, 0.29) is 36.7 Å². The lowest BCUT2D eigenvalue weighted by molar-refractivity contribution is -0.143. The van der Waals surface area contributed by atoms with Crippen LogP contribution in [0.1, 0.15) is 28.7 Å². The molecule has 0 aliphatic heterocycles. The average Bonchev–Trinajstić information content (AvgIpc) is 3.08. The second kappa shape index (κ2) is 10.3. The molecule has 1 heterocycles. The highest BCUT2D eigenvalue weighted by Crippen LogP contribution is 2.31. The van der Waals surface area contributed by atoms with Crippen LogP contribution in [0.2, 0.25) is 0 Å². The Balaban J connectivity index is 2.06. The lowest BCUT2D eigenvalue weighted by atomic mass is 10.1. The van der Waals surface area contributed by atoms with E-state index in [1.807, 2.05) is 0 Å². The number of thioether (sulfide) groups is 1. The molecule has 0 saturated carbocycles. The molecule has 0 bridgehead atoms. The van der Waals surface area contributed by atoms with E-state index in [0.29, 0.717) is 5.56 Å². The van der Waals surface area contributed by atoms with Crippen LogP contribution in [0.5, 0.6) is 0 Å². The van der Waals surface area contributed by atoms with E-state index in [1.165, 1.54) is 24.8 Å². The number of esters is 2. The van der Waals surface area contributed by atoms with Crippen molar-refractivity contribution in [2.45, 2.75) is 30.7 Å². The van der Waals surface area contributed by atoms with Crippen LogP contribution >= 0.6 is 11.8 Å². The van der Waals surface area contributed by atoms with Crippen molar-refractivity contribution in [2.24, 2.45) is 0 Å². The van der Waals surface area contributed by atoms with Gasteiger partial charge in [-0.3, -0.25) is 4.79 Å². The summed E-state index contributed by atoms with van der Waals surface area (Å²) in [7, 11) is 1.17. The summed E-state index contributed by atoms with van der Waals surface area (Å²) in [6, 6.07) is 4.91. The van der Waals surface area contributed by atoms with Crippen LogP contribution in [0.15, 0.2) is 29.4 Å². The largest absolute Gasteiger partial charge is 0.463 e. The number of benzene rings is 1. The van der Waals surface area contributed by atoms with E-state index in [9.17, 15) is 22.8 Å². The van der Waals surface area contributed by atoms with E-state index in [4.69, 9.17) is 9.47 Å². The van der Waals surface area contributed by atoms with Gasteiger partial charge in [-0.25, -0.2) is 9.48 Å². The zero-order chi connectivity index (χ0) is 21.4. The molecule has 0 aliphatic carbocycles. The number of rotatable bonds is 9. The SMILES string of the molecule is COC(=O)c1nc(SCc2cccc(C(F)(F)F)c2)n(COCCOC(C)=O)n1. The minimum atomic E-state index is -4.44. The second-order valence-electron chi connectivity index (χ2n) is 5.57. The number of alkyl halides is 3. The number of hydrogen-bond donors (Lipinski definition) is 0. The van der Waals surface area contributed by atoms with E-state index >= 15 is 0 Å². The third-order valence-corrected chi connectivity index (χ3v) is 4.41. The van der Waals surface area contributed by atoms with Gasteiger partial charge >= 0.3 is 18.1 Å². The van der Waals surface area contributed by atoms with Crippen molar-refractivity contribution in [3.05, 3.63) is 41.2 Å². The third kappa shape index (κ3) is 7.06. The van der Waals surface area contributed by atoms with Crippen LogP contribution in [-0.2, 0) is 37.7 Å². The zero-order valence-electron chi connectivity index (χ0n) is 15.6. The Kier molecular flexibility index (Phi) is 8.02. The fourth-order valence-corrected chi connectivity index (χ4v) is 2.95. The summed E-state index contributed by atoms with van der Waals surface area (Å²) in [5.41, 5.74) is -0.323. The Morgan fingerprint density at radius 2 is 2.00 bits per heavy atom. The molecule has 0 saturated heterocycles. The predicted octanol–water partition coefficient (Wildman–Crippen LogP) is 2.91. The van der Waals surface area contributed by atoms with E-state index in [1.54, 1.807) is 6.07 Å². The van der Waals surface area contributed by atoms with Gasteiger partial charge in [-0.1, -0.05) is 30.0 Å². The van der Waals surface area contributed by atoms with Crippen molar-refractivity contribution in [1.82, 2.24) is 14.8 Å². The maximum Gasteiger partial charge on any atom is 0.416 e. The molecule has 8 nitrogen and oxygen atoms in total. The van der Waals surface area contributed by atoms with Crippen LogP contribution in [0.4, 0.5) is 13.2 Å². The fourth-order valence-electron chi connectivity index (χ4n) is 2.08. The summed E-state index contributed by atoms with van der Waals surface area (Å²) in [5.74, 6) is -1.25. The van der Waals surface area contributed by atoms with E-state index < -0.39 is 23.7 Å². The maximum atomic E-state index is 12.8. The smallest absolute Gasteiger partial charge is 0.416 e. The lowest BCUT2D eigenvalue weighted by Gasteiger charge is -2.09. The van der Waals surface area contributed by atoms with Crippen LogP contribution in [0.25, 0.3) is 0 Å². The fraction of sp³-hybridized carbons (Fsp3) is 0.412. The molecule has 0 unspecified atom stereocenters. The Hall–Kier alpha value is -2.60. The minimum Gasteiger partial charge on any atom is -0.463 e. The van der Waals surface area contributed by atoms with Crippen molar-refractivity contribution in [2.75, 3.05) is 20.3 Å². The van der Waals surface area contributed by atoms with Gasteiger partial charge in [-0.15, -0.1) is 5.10 Å².